The molecule has 0 unspecified atom stereocenters. The fourth-order valence-corrected chi connectivity index (χ4v) is 3.16. The van der Waals surface area contributed by atoms with Crippen molar-refractivity contribution in [1.82, 2.24) is 14.8 Å². The lowest BCUT2D eigenvalue weighted by molar-refractivity contribution is -0.114. The van der Waals surface area contributed by atoms with Gasteiger partial charge in [-0.05, 0) is 71.5 Å². The summed E-state index contributed by atoms with van der Waals surface area (Å²) in [5, 5.41) is 10.6. The summed E-state index contributed by atoms with van der Waals surface area (Å²) in [5.41, 5.74) is 3.29. The molecule has 8 heteroatoms. The van der Waals surface area contributed by atoms with Crippen LogP contribution in [-0.2, 0) is 4.79 Å². The second-order valence-electron chi connectivity index (χ2n) is 5.36. The van der Waals surface area contributed by atoms with Gasteiger partial charge in [0.25, 0.3) is 0 Å². The van der Waals surface area contributed by atoms with E-state index < -0.39 is 0 Å². The second kappa shape index (κ2) is 7.83. The Kier molecular flexibility index (Phi) is 5.54. The average Bonchev–Trinajstić information content (AvgIpc) is 3.08. The zero-order valence-corrected chi connectivity index (χ0v) is 16.2. The molecular formula is C17H15ClIN5O. The number of carbonyl (C=O) groups is 1. The summed E-state index contributed by atoms with van der Waals surface area (Å²) < 4.78 is 2.73. The van der Waals surface area contributed by atoms with Crippen molar-refractivity contribution in [1.29, 1.82) is 0 Å². The molecule has 0 bridgehead atoms. The second-order valence-corrected chi connectivity index (χ2v) is 7.04. The van der Waals surface area contributed by atoms with Crippen LogP contribution in [0.3, 0.4) is 0 Å². The highest BCUT2D eigenvalue weighted by molar-refractivity contribution is 14.1. The summed E-state index contributed by atoms with van der Waals surface area (Å²) in [4.78, 5) is 16.3. The minimum atomic E-state index is -0.179. The third-order valence-electron chi connectivity index (χ3n) is 3.53. The predicted molar refractivity (Wildman–Crippen MR) is 107 cm³/mol. The van der Waals surface area contributed by atoms with Gasteiger partial charge in [-0.15, -0.1) is 0 Å². The monoisotopic (exact) mass is 467 g/mol. The fraction of sp³-hybridized carbons (Fsp3) is 0.118. The van der Waals surface area contributed by atoms with Crippen molar-refractivity contribution in [3.8, 4) is 5.69 Å². The first-order valence-corrected chi connectivity index (χ1v) is 8.93. The highest BCUT2D eigenvalue weighted by atomic mass is 127. The van der Waals surface area contributed by atoms with Gasteiger partial charge in [0.1, 0.15) is 12.7 Å². The van der Waals surface area contributed by atoms with Gasteiger partial charge < -0.3 is 10.6 Å². The van der Waals surface area contributed by atoms with Crippen LogP contribution >= 0.6 is 34.2 Å². The van der Waals surface area contributed by atoms with Gasteiger partial charge in [0.2, 0.25) is 5.91 Å². The van der Waals surface area contributed by atoms with Crippen LogP contribution in [0.15, 0.2) is 49.1 Å². The van der Waals surface area contributed by atoms with E-state index in [4.69, 9.17) is 11.6 Å². The number of nitrogens with zero attached hydrogens (tertiary/aromatic N) is 3. The maximum atomic E-state index is 12.3. The third kappa shape index (κ3) is 4.49. The van der Waals surface area contributed by atoms with Crippen LogP contribution in [-0.4, -0.2) is 27.2 Å². The largest absolute Gasteiger partial charge is 0.376 e. The molecular weight excluding hydrogens is 453 g/mol. The highest BCUT2D eigenvalue weighted by Crippen LogP contribution is 2.24. The number of benzene rings is 2. The molecule has 2 N–H and O–H groups in total. The Morgan fingerprint density at radius 2 is 2.08 bits per heavy atom. The summed E-state index contributed by atoms with van der Waals surface area (Å²) in [6.07, 6.45) is 2.99. The van der Waals surface area contributed by atoms with Crippen molar-refractivity contribution in [2.24, 2.45) is 0 Å². The van der Waals surface area contributed by atoms with Gasteiger partial charge in [-0.25, -0.2) is 9.67 Å². The summed E-state index contributed by atoms with van der Waals surface area (Å²) in [5.74, 6) is -0.179. The van der Waals surface area contributed by atoms with Crippen molar-refractivity contribution in [2.75, 3.05) is 17.2 Å². The van der Waals surface area contributed by atoms with Gasteiger partial charge >= 0.3 is 0 Å². The van der Waals surface area contributed by atoms with Gasteiger partial charge in [-0.3, -0.25) is 4.79 Å². The van der Waals surface area contributed by atoms with E-state index in [2.05, 4.69) is 49.4 Å². The molecule has 6 nitrogen and oxygen atoms in total. The molecule has 0 aliphatic heterocycles. The first-order valence-electron chi connectivity index (χ1n) is 7.47. The molecule has 0 atom stereocenters. The average molecular weight is 468 g/mol. The summed E-state index contributed by atoms with van der Waals surface area (Å²) in [7, 11) is 0. The number of nitrogens with one attached hydrogen (secondary N) is 2. The Morgan fingerprint density at radius 1 is 1.24 bits per heavy atom. The van der Waals surface area contributed by atoms with Crippen LogP contribution in [0.4, 0.5) is 11.4 Å². The van der Waals surface area contributed by atoms with E-state index in [1.54, 1.807) is 29.2 Å². The number of rotatable bonds is 5. The zero-order valence-electron chi connectivity index (χ0n) is 13.3. The van der Waals surface area contributed by atoms with Crippen LogP contribution in [0.5, 0.6) is 0 Å². The van der Waals surface area contributed by atoms with E-state index in [1.807, 2.05) is 19.1 Å². The van der Waals surface area contributed by atoms with Crippen molar-refractivity contribution in [2.45, 2.75) is 6.92 Å². The number of carbonyl (C=O) groups excluding carboxylic acids is 1. The highest BCUT2D eigenvalue weighted by Gasteiger charge is 2.10. The van der Waals surface area contributed by atoms with E-state index in [0.29, 0.717) is 16.4 Å². The lowest BCUT2D eigenvalue weighted by atomic mass is 10.2. The van der Waals surface area contributed by atoms with Crippen LogP contribution in [0.2, 0.25) is 5.02 Å². The first-order chi connectivity index (χ1) is 12.0. The topological polar surface area (TPSA) is 71.8 Å². The van der Waals surface area contributed by atoms with Gasteiger partial charge in [0, 0.05) is 14.3 Å². The normalized spacial score (nSPS) is 10.5. The molecule has 3 aromatic rings. The Morgan fingerprint density at radius 3 is 2.80 bits per heavy atom. The van der Waals surface area contributed by atoms with Crippen LogP contribution < -0.4 is 10.6 Å². The summed E-state index contributed by atoms with van der Waals surface area (Å²) in [6, 6.07) is 11.2. The maximum Gasteiger partial charge on any atom is 0.243 e. The lowest BCUT2D eigenvalue weighted by Gasteiger charge is -2.13. The molecule has 0 saturated heterocycles. The molecule has 2 aromatic carbocycles. The van der Waals surface area contributed by atoms with Gasteiger partial charge in [-0.1, -0.05) is 11.6 Å². The van der Waals surface area contributed by atoms with E-state index >= 15 is 0 Å². The van der Waals surface area contributed by atoms with Crippen LogP contribution in [0.25, 0.3) is 5.69 Å². The van der Waals surface area contributed by atoms with Crippen LogP contribution in [0, 0.1) is 10.5 Å². The number of aromatic nitrogens is 3. The van der Waals surface area contributed by atoms with Crippen molar-refractivity contribution >= 4 is 51.5 Å². The van der Waals surface area contributed by atoms with E-state index in [0.717, 1.165) is 14.8 Å². The van der Waals surface area contributed by atoms with Crippen molar-refractivity contribution in [3.05, 3.63) is 63.2 Å². The molecule has 3 rings (SSSR count). The van der Waals surface area contributed by atoms with Gasteiger partial charge in [0.15, 0.2) is 0 Å². The molecule has 0 saturated carbocycles. The number of aryl methyl sites for hydroxylation is 1. The molecule has 0 aliphatic rings. The molecule has 0 spiro atoms. The Hall–Kier alpha value is -2.13. The molecule has 1 heterocycles. The molecule has 0 aliphatic carbocycles. The Bertz CT molecular complexity index is 898. The molecule has 0 radical (unpaired) electrons. The summed E-state index contributed by atoms with van der Waals surface area (Å²) in [6.45, 7) is 2.15. The first kappa shape index (κ1) is 17.7. The Labute approximate surface area is 163 Å². The number of halogens is 2. The lowest BCUT2D eigenvalue weighted by Crippen LogP contribution is -2.23. The zero-order chi connectivity index (χ0) is 17.8. The number of hydrogen-bond donors (Lipinski definition) is 2. The minimum absolute atomic E-state index is 0.144. The SMILES string of the molecule is Cc1cc(I)ccc1NCC(=O)Nc1cc(Cl)ccc1-n1cncn1. The standard InChI is InChI=1S/C17H15ClIN5O/c1-11-6-13(19)3-4-14(11)21-8-17(25)23-15-7-12(18)2-5-16(15)24-10-20-9-22-24/h2-7,9-10,21H,8H2,1H3,(H,23,25). The summed E-state index contributed by atoms with van der Waals surface area (Å²) >= 11 is 8.31. The smallest absolute Gasteiger partial charge is 0.243 e. The van der Waals surface area contributed by atoms with E-state index in [1.165, 1.54) is 6.33 Å². The van der Waals surface area contributed by atoms with E-state index in [-0.39, 0.29) is 12.5 Å². The third-order valence-corrected chi connectivity index (χ3v) is 4.43. The van der Waals surface area contributed by atoms with E-state index in [9.17, 15) is 4.79 Å². The predicted octanol–water partition coefficient (Wildman–Crippen LogP) is 3.88. The quantitative estimate of drug-likeness (QED) is 0.559. The van der Waals surface area contributed by atoms with Crippen LogP contribution in [0.1, 0.15) is 5.56 Å². The Balaban J connectivity index is 1.72. The van der Waals surface area contributed by atoms with Crippen molar-refractivity contribution in [3.63, 3.8) is 0 Å². The van der Waals surface area contributed by atoms with Gasteiger partial charge in [0.05, 0.1) is 17.9 Å². The number of hydrogen-bond acceptors (Lipinski definition) is 4. The maximum absolute atomic E-state index is 12.3. The number of amides is 1. The van der Waals surface area contributed by atoms with Gasteiger partial charge in [-0.2, -0.15) is 5.10 Å². The molecule has 128 valence electrons. The molecule has 1 aromatic heterocycles. The molecule has 1 amide bonds. The van der Waals surface area contributed by atoms with Crippen molar-refractivity contribution < 1.29 is 4.79 Å². The fourth-order valence-electron chi connectivity index (χ4n) is 2.34. The minimum Gasteiger partial charge on any atom is -0.376 e. The number of anilines is 2. The molecule has 25 heavy (non-hydrogen) atoms. The molecule has 0 fully saturated rings.